The number of halogens is 3. The smallest absolute Gasteiger partial charge is 0.370 e. The summed E-state index contributed by atoms with van der Waals surface area (Å²) in [6.45, 7) is 4.52. The number of piperidine rings is 2. The summed E-state index contributed by atoms with van der Waals surface area (Å²) in [5.74, 6) is 0.699. The number of hydrogen-bond donors (Lipinski definition) is 2. The third kappa shape index (κ3) is 5.57. The summed E-state index contributed by atoms with van der Waals surface area (Å²) in [5, 5.41) is 2.57. The molecule has 4 heterocycles. The van der Waals surface area contributed by atoms with Crippen LogP contribution < -0.4 is 15.8 Å². The molecule has 0 radical (unpaired) electrons. The van der Waals surface area contributed by atoms with Gasteiger partial charge in [0, 0.05) is 38.8 Å². The number of anilines is 1. The van der Waals surface area contributed by atoms with Gasteiger partial charge < -0.3 is 20.1 Å². The lowest BCUT2D eigenvalue weighted by molar-refractivity contribution is -0.139. The molecule has 1 amide bonds. The van der Waals surface area contributed by atoms with Crippen molar-refractivity contribution in [1.29, 1.82) is 0 Å². The van der Waals surface area contributed by atoms with Gasteiger partial charge in [-0.25, -0.2) is 9.97 Å². The quantitative estimate of drug-likeness (QED) is 0.686. The van der Waals surface area contributed by atoms with Crippen LogP contribution in [0.3, 0.4) is 0 Å². The molecule has 34 heavy (non-hydrogen) atoms. The first kappa shape index (κ1) is 24.2. The van der Waals surface area contributed by atoms with E-state index in [4.69, 9.17) is 0 Å². The molecule has 2 N–H and O–H groups in total. The number of nitrogens with one attached hydrogen (secondary N) is 2. The fourth-order valence-corrected chi connectivity index (χ4v) is 4.78. The number of aromatic amines is 1. The number of likely N-dealkylation sites (tertiary alicyclic amines) is 1. The van der Waals surface area contributed by atoms with Gasteiger partial charge in [0.05, 0.1) is 11.9 Å². The van der Waals surface area contributed by atoms with Crippen LogP contribution in [0.1, 0.15) is 53.5 Å². The van der Waals surface area contributed by atoms with Crippen LogP contribution in [0.5, 0.6) is 0 Å². The Kier molecular flexibility index (Phi) is 7.20. The van der Waals surface area contributed by atoms with Crippen LogP contribution in [0.2, 0.25) is 0 Å². The minimum absolute atomic E-state index is 0.0293. The van der Waals surface area contributed by atoms with Gasteiger partial charge in [-0.2, -0.15) is 13.2 Å². The molecule has 2 aromatic heterocycles. The molecule has 0 unspecified atom stereocenters. The molecule has 2 aliphatic rings. The van der Waals surface area contributed by atoms with Crippen molar-refractivity contribution < 1.29 is 18.0 Å². The van der Waals surface area contributed by atoms with Crippen LogP contribution >= 0.6 is 0 Å². The summed E-state index contributed by atoms with van der Waals surface area (Å²) in [7, 11) is 1.58. The second-order valence-electron chi connectivity index (χ2n) is 9.00. The summed E-state index contributed by atoms with van der Waals surface area (Å²) in [4.78, 5) is 38.6. The minimum Gasteiger partial charge on any atom is -0.370 e. The number of aromatic nitrogens is 3. The van der Waals surface area contributed by atoms with Crippen LogP contribution in [0.15, 0.2) is 29.3 Å². The highest BCUT2D eigenvalue weighted by Gasteiger charge is 2.35. The van der Waals surface area contributed by atoms with Crippen LogP contribution in [-0.4, -0.2) is 65.5 Å². The minimum atomic E-state index is -4.69. The lowest BCUT2D eigenvalue weighted by Gasteiger charge is -2.38. The zero-order valence-corrected chi connectivity index (χ0v) is 19.1. The standard InChI is InChI=1S/C23H29F3N6O2/c1-27-22(34)19-3-2-17(12-28-19)32-10-4-15(5-11-32)14-31-8-6-16(7-9-31)20-29-13-18(21(33)30-20)23(24,25)26/h2-3,12-13,15-16H,4-11,14H2,1H3,(H,27,34)(H,29,30,33). The lowest BCUT2D eigenvalue weighted by Crippen LogP contribution is -2.41. The van der Waals surface area contributed by atoms with Gasteiger partial charge in [-0.15, -0.1) is 0 Å². The molecule has 0 aliphatic carbocycles. The van der Waals surface area contributed by atoms with E-state index in [1.807, 2.05) is 6.07 Å². The summed E-state index contributed by atoms with van der Waals surface area (Å²) in [5.41, 5.74) is -0.951. The Morgan fingerprint density at radius 2 is 1.79 bits per heavy atom. The second kappa shape index (κ2) is 10.1. The molecule has 4 rings (SSSR count). The summed E-state index contributed by atoms with van der Waals surface area (Å²) >= 11 is 0. The van der Waals surface area contributed by atoms with E-state index in [0.29, 0.717) is 23.6 Å². The molecular weight excluding hydrogens is 449 g/mol. The number of nitrogens with zero attached hydrogens (tertiary/aromatic N) is 4. The third-order valence-corrected chi connectivity index (χ3v) is 6.80. The molecule has 8 nitrogen and oxygen atoms in total. The van der Waals surface area contributed by atoms with Crippen LogP contribution in [0, 0.1) is 5.92 Å². The van der Waals surface area contributed by atoms with Crippen LogP contribution in [-0.2, 0) is 6.18 Å². The summed E-state index contributed by atoms with van der Waals surface area (Å²) in [6, 6.07) is 3.67. The van der Waals surface area contributed by atoms with Crippen molar-refractivity contribution in [3.8, 4) is 0 Å². The molecule has 0 atom stereocenters. The molecule has 0 aromatic carbocycles. The van der Waals surface area contributed by atoms with E-state index in [0.717, 1.165) is 64.1 Å². The molecule has 2 aromatic rings. The van der Waals surface area contributed by atoms with E-state index in [9.17, 15) is 22.8 Å². The highest BCUT2D eigenvalue weighted by Crippen LogP contribution is 2.30. The Bertz CT molecular complexity index is 1040. The van der Waals surface area contributed by atoms with Gasteiger partial charge in [-0.3, -0.25) is 9.59 Å². The maximum absolute atomic E-state index is 12.8. The maximum atomic E-state index is 12.8. The Hall–Kier alpha value is -2.95. The van der Waals surface area contributed by atoms with Gasteiger partial charge >= 0.3 is 6.18 Å². The Morgan fingerprint density at radius 3 is 2.35 bits per heavy atom. The van der Waals surface area contributed by atoms with E-state index in [1.165, 1.54) is 0 Å². The molecule has 11 heteroatoms. The summed E-state index contributed by atoms with van der Waals surface area (Å²) < 4.78 is 38.4. The fraction of sp³-hybridized carbons (Fsp3) is 0.565. The van der Waals surface area contributed by atoms with E-state index >= 15 is 0 Å². The Balaban J connectivity index is 1.24. The van der Waals surface area contributed by atoms with Gasteiger partial charge in [-0.1, -0.05) is 0 Å². The van der Waals surface area contributed by atoms with Crippen molar-refractivity contribution in [1.82, 2.24) is 25.2 Å². The largest absolute Gasteiger partial charge is 0.423 e. The maximum Gasteiger partial charge on any atom is 0.423 e. The van der Waals surface area contributed by atoms with Crippen molar-refractivity contribution in [3.63, 3.8) is 0 Å². The van der Waals surface area contributed by atoms with Crippen molar-refractivity contribution in [2.75, 3.05) is 44.7 Å². The first-order valence-corrected chi connectivity index (χ1v) is 11.6. The molecule has 0 saturated carbocycles. The van der Waals surface area contributed by atoms with Crippen molar-refractivity contribution in [3.05, 3.63) is 52.0 Å². The second-order valence-corrected chi connectivity index (χ2v) is 9.00. The topological polar surface area (TPSA) is 94.2 Å². The van der Waals surface area contributed by atoms with Crippen LogP contribution in [0.4, 0.5) is 18.9 Å². The van der Waals surface area contributed by atoms with Gasteiger partial charge in [0.1, 0.15) is 17.1 Å². The molecule has 184 valence electrons. The number of H-pyrrole nitrogens is 1. The van der Waals surface area contributed by atoms with Gasteiger partial charge in [0.25, 0.3) is 11.5 Å². The molecule has 2 fully saturated rings. The third-order valence-electron chi connectivity index (χ3n) is 6.80. The van der Waals surface area contributed by atoms with E-state index in [-0.39, 0.29) is 11.8 Å². The van der Waals surface area contributed by atoms with E-state index < -0.39 is 17.3 Å². The molecule has 0 bridgehead atoms. The van der Waals surface area contributed by atoms with E-state index in [1.54, 1.807) is 19.3 Å². The number of carbonyl (C=O) groups is 1. The predicted octanol–water partition coefficient (Wildman–Crippen LogP) is 2.64. The number of rotatable bonds is 5. The number of hydrogen-bond acceptors (Lipinski definition) is 6. The zero-order chi connectivity index (χ0) is 24.3. The van der Waals surface area contributed by atoms with Crippen molar-refractivity contribution in [2.45, 2.75) is 37.8 Å². The summed E-state index contributed by atoms with van der Waals surface area (Å²) in [6.07, 6.45) is 1.34. The Labute approximate surface area is 195 Å². The number of carbonyl (C=O) groups excluding carboxylic acids is 1. The first-order chi connectivity index (χ1) is 16.2. The van der Waals surface area contributed by atoms with Gasteiger partial charge in [0.15, 0.2) is 0 Å². The number of alkyl halides is 3. The van der Waals surface area contributed by atoms with Gasteiger partial charge in [-0.05, 0) is 56.8 Å². The van der Waals surface area contributed by atoms with Crippen molar-refractivity contribution >= 4 is 11.6 Å². The number of pyridine rings is 1. The first-order valence-electron chi connectivity index (χ1n) is 11.6. The lowest BCUT2D eigenvalue weighted by atomic mass is 9.92. The number of amides is 1. The van der Waals surface area contributed by atoms with Crippen molar-refractivity contribution in [2.24, 2.45) is 5.92 Å². The molecular formula is C23H29F3N6O2. The highest BCUT2D eigenvalue weighted by molar-refractivity contribution is 5.92. The van der Waals surface area contributed by atoms with Gasteiger partial charge in [0.2, 0.25) is 0 Å². The average Bonchev–Trinajstić information content (AvgIpc) is 2.84. The normalized spacial score (nSPS) is 18.8. The van der Waals surface area contributed by atoms with E-state index in [2.05, 4.69) is 30.1 Å². The van der Waals surface area contributed by atoms with Crippen LogP contribution in [0.25, 0.3) is 0 Å². The monoisotopic (exact) mass is 478 g/mol. The zero-order valence-electron chi connectivity index (χ0n) is 19.1. The SMILES string of the molecule is CNC(=O)c1ccc(N2CCC(CN3CCC(c4ncc(C(F)(F)F)c(=O)[nH]4)CC3)CC2)cn1. The highest BCUT2D eigenvalue weighted by atomic mass is 19.4. The fourth-order valence-electron chi connectivity index (χ4n) is 4.78. The molecule has 0 spiro atoms. The predicted molar refractivity (Wildman–Crippen MR) is 121 cm³/mol. The average molecular weight is 479 g/mol. The Morgan fingerprint density at radius 1 is 1.09 bits per heavy atom. The molecule has 2 aliphatic heterocycles. The molecule has 2 saturated heterocycles.